The maximum atomic E-state index is 6.48. The van der Waals surface area contributed by atoms with Gasteiger partial charge in [-0.1, -0.05) is 60.1 Å². The molecule has 5 rings (SSSR count). The van der Waals surface area contributed by atoms with E-state index in [2.05, 4.69) is 16.0 Å². The van der Waals surface area contributed by atoms with Crippen LogP contribution in [0.4, 0.5) is 0 Å². The molecule has 0 bridgehead atoms. The standard InChI is InChI=1S/C26H19ClN2O2/c27-23-15-22(30-17-21-12-10-18-5-1-2-8-24(18)29-21)13-11-20(23)16-31-25-9-3-6-19-7-4-14-28-26(19)25/h1-15H,16-17H2. The molecule has 0 amide bonds. The normalized spacial score (nSPS) is 11.0. The predicted molar refractivity (Wildman–Crippen MR) is 124 cm³/mol. The molecule has 2 heterocycles. The zero-order chi connectivity index (χ0) is 21.0. The fraction of sp³-hybridized carbons (Fsp3) is 0.0769. The van der Waals surface area contributed by atoms with Crippen LogP contribution in [0.2, 0.25) is 5.02 Å². The molecule has 0 saturated heterocycles. The lowest BCUT2D eigenvalue weighted by atomic mass is 10.2. The Kier molecular flexibility index (Phi) is 5.38. The topological polar surface area (TPSA) is 44.2 Å². The van der Waals surface area contributed by atoms with Crippen molar-refractivity contribution in [2.75, 3.05) is 0 Å². The highest BCUT2D eigenvalue weighted by Gasteiger charge is 2.08. The van der Waals surface area contributed by atoms with Crippen molar-refractivity contribution in [1.82, 2.24) is 9.97 Å². The van der Waals surface area contributed by atoms with E-state index in [1.165, 1.54) is 0 Å². The van der Waals surface area contributed by atoms with Crippen LogP contribution in [0.15, 0.2) is 91.1 Å². The average Bonchev–Trinajstić information content (AvgIpc) is 2.82. The van der Waals surface area contributed by atoms with Crippen LogP contribution in [-0.4, -0.2) is 9.97 Å². The van der Waals surface area contributed by atoms with Gasteiger partial charge < -0.3 is 9.47 Å². The van der Waals surface area contributed by atoms with E-state index in [1.54, 1.807) is 6.20 Å². The maximum Gasteiger partial charge on any atom is 0.146 e. The SMILES string of the molecule is Clc1cc(OCc2ccc3ccccc3n2)ccc1COc1cccc2cccnc12. The molecular weight excluding hydrogens is 408 g/mol. The Morgan fingerprint density at radius 3 is 2.55 bits per heavy atom. The van der Waals surface area contributed by atoms with Gasteiger partial charge in [0, 0.05) is 22.5 Å². The molecule has 4 nitrogen and oxygen atoms in total. The van der Waals surface area contributed by atoms with Crippen LogP contribution in [0.25, 0.3) is 21.8 Å². The molecule has 0 aliphatic rings. The highest BCUT2D eigenvalue weighted by Crippen LogP contribution is 2.27. The van der Waals surface area contributed by atoms with Crippen LogP contribution >= 0.6 is 11.6 Å². The fourth-order valence-electron chi connectivity index (χ4n) is 3.43. The lowest BCUT2D eigenvalue weighted by Crippen LogP contribution is -2.00. The molecule has 3 aromatic carbocycles. The molecule has 0 radical (unpaired) electrons. The Morgan fingerprint density at radius 1 is 0.742 bits per heavy atom. The molecule has 0 atom stereocenters. The molecular formula is C26H19ClN2O2. The van der Waals surface area contributed by atoms with Crippen molar-refractivity contribution in [3.05, 3.63) is 107 Å². The van der Waals surface area contributed by atoms with Gasteiger partial charge in [-0.25, -0.2) is 4.98 Å². The second-order valence-electron chi connectivity index (χ2n) is 7.16. The predicted octanol–water partition coefficient (Wildman–Crippen LogP) is 6.59. The van der Waals surface area contributed by atoms with Crippen molar-refractivity contribution in [1.29, 1.82) is 0 Å². The number of para-hydroxylation sites is 2. The number of benzene rings is 3. The third kappa shape index (κ3) is 4.30. The van der Waals surface area contributed by atoms with E-state index in [-0.39, 0.29) is 0 Å². The first kappa shape index (κ1) is 19.3. The minimum absolute atomic E-state index is 0.348. The first-order chi connectivity index (χ1) is 15.3. The smallest absolute Gasteiger partial charge is 0.146 e. The van der Waals surface area contributed by atoms with Crippen molar-refractivity contribution in [2.45, 2.75) is 13.2 Å². The van der Waals surface area contributed by atoms with Gasteiger partial charge in [-0.15, -0.1) is 0 Å². The van der Waals surface area contributed by atoms with Gasteiger partial charge in [-0.05, 0) is 36.4 Å². The number of nitrogens with zero attached hydrogens (tertiary/aromatic N) is 2. The zero-order valence-corrected chi connectivity index (χ0v) is 17.4. The molecule has 0 saturated carbocycles. The Labute approximate surface area is 185 Å². The Hall–Kier alpha value is -3.63. The molecule has 2 aromatic heterocycles. The van der Waals surface area contributed by atoms with Crippen molar-refractivity contribution >= 4 is 33.4 Å². The molecule has 31 heavy (non-hydrogen) atoms. The molecule has 0 fully saturated rings. The molecule has 0 spiro atoms. The largest absolute Gasteiger partial charge is 0.487 e. The molecule has 152 valence electrons. The number of fused-ring (bicyclic) bond motifs is 2. The van der Waals surface area contributed by atoms with E-state index < -0.39 is 0 Å². The summed E-state index contributed by atoms with van der Waals surface area (Å²) < 4.78 is 11.9. The van der Waals surface area contributed by atoms with Crippen LogP contribution in [-0.2, 0) is 13.2 Å². The van der Waals surface area contributed by atoms with Gasteiger partial charge in [0.05, 0.1) is 16.2 Å². The quantitative estimate of drug-likeness (QED) is 0.307. The van der Waals surface area contributed by atoms with Gasteiger partial charge in [-0.2, -0.15) is 0 Å². The third-order valence-electron chi connectivity index (χ3n) is 5.05. The summed E-state index contributed by atoms with van der Waals surface area (Å²) in [5.41, 5.74) is 3.54. The number of hydrogen-bond donors (Lipinski definition) is 0. The number of ether oxygens (including phenoxy) is 2. The highest BCUT2D eigenvalue weighted by molar-refractivity contribution is 6.31. The number of hydrogen-bond acceptors (Lipinski definition) is 4. The van der Waals surface area contributed by atoms with Gasteiger partial charge >= 0.3 is 0 Å². The average molecular weight is 427 g/mol. The van der Waals surface area contributed by atoms with E-state index in [0.717, 1.165) is 38.8 Å². The van der Waals surface area contributed by atoms with E-state index in [4.69, 9.17) is 21.1 Å². The number of halogens is 1. The summed E-state index contributed by atoms with van der Waals surface area (Å²) in [6.45, 7) is 0.722. The molecule has 5 aromatic rings. The van der Waals surface area contributed by atoms with E-state index in [9.17, 15) is 0 Å². The van der Waals surface area contributed by atoms with Crippen molar-refractivity contribution in [3.63, 3.8) is 0 Å². The molecule has 5 heteroatoms. The van der Waals surface area contributed by atoms with Crippen LogP contribution < -0.4 is 9.47 Å². The third-order valence-corrected chi connectivity index (χ3v) is 5.40. The molecule has 0 N–H and O–H groups in total. The summed E-state index contributed by atoms with van der Waals surface area (Å²) in [4.78, 5) is 9.05. The summed E-state index contributed by atoms with van der Waals surface area (Å²) in [6, 6.07) is 27.5. The van der Waals surface area contributed by atoms with Crippen LogP contribution in [0, 0.1) is 0 Å². The summed E-state index contributed by atoms with van der Waals surface area (Å²) in [7, 11) is 0. The Balaban J connectivity index is 1.26. The first-order valence-corrected chi connectivity index (χ1v) is 10.4. The molecule has 0 aliphatic heterocycles. The van der Waals surface area contributed by atoms with Crippen molar-refractivity contribution in [2.24, 2.45) is 0 Å². The van der Waals surface area contributed by atoms with E-state index in [1.807, 2.05) is 78.9 Å². The maximum absolute atomic E-state index is 6.48. The van der Waals surface area contributed by atoms with Crippen LogP contribution in [0.5, 0.6) is 11.5 Å². The minimum atomic E-state index is 0.348. The van der Waals surface area contributed by atoms with Crippen LogP contribution in [0.3, 0.4) is 0 Å². The van der Waals surface area contributed by atoms with E-state index >= 15 is 0 Å². The Bertz CT molecular complexity index is 1370. The summed E-state index contributed by atoms with van der Waals surface area (Å²) in [6.07, 6.45) is 1.76. The second-order valence-corrected chi connectivity index (χ2v) is 7.56. The van der Waals surface area contributed by atoms with E-state index in [0.29, 0.717) is 24.0 Å². The van der Waals surface area contributed by atoms with Gasteiger partial charge in [0.2, 0.25) is 0 Å². The molecule has 0 aliphatic carbocycles. The fourth-order valence-corrected chi connectivity index (χ4v) is 3.65. The summed E-state index contributed by atoms with van der Waals surface area (Å²) in [5.74, 6) is 1.42. The van der Waals surface area contributed by atoms with Gasteiger partial charge in [-0.3, -0.25) is 4.98 Å². The Morgan fingerprint density at radius 2 is 1.61 bits per heavy atom. The summed E-state index contributed by atoms with van der Waals surface area (Å²) >= 11 is 6.48. The van der Waals surface area contributed by atoms with Crippen molar-refractivity contribution in [3.8, 4) is 11.5 Å². The second kappa shape index (κ2) is 8.62. The highest BCUT2D eigenvalue weighted by atomic mass is 35.5. The monoisotopic (exact) mass is 426 g/mol. The van der Waals surface area contributed by atoms with Gasteiger partial charge in [0.25, 0.3) is 0 Å². The number of aromatic nitrogens is 2. The minimum Gasteiger partial charge on any atom is -0.487 e. The van der Waals surface area contributed by atoms with Gasteiger partial charge in [0.15, 0.2) is 0 Å². The number of rotatable bonds is 6. The van der Waals surface area contributed by atoms with Crippen molar-refractivity contribution < 1.29 is 9.47 Å². The molecule has 0 unspecified atom stereocenters. The van der Waals surface area contributed by atoms with Gasteiger partial charge in [0.1, 0.15) is 30.2 Å². The van der Waals surface area contributed by atoms with Crippen LogP contribution in [0.1, 0.15) is 11.3 Å². The summed E-state index contributed by atoms with van der Waals surface area (Å²) in [5, 5.41) is 2.74. The lowest BCUT2D eigenvalue weighted by Gasteiger charge is -2.12. The number of pyridine rings is 2. The first-order valence-electron chi connectivity index (χ1n) is 9.99. The lowest BCUT2D eigenvalue weighted by molar-refractivity contribution is 0.299. The zero-order valence-electron chi connectivity index (χ0n) is 16.7.